The van der Waals surface area contributed by atoms with Crippen LogP contribution in [0.5, 0.6) is 0 Å². The van der Waals surface area contributed by atoms with Gasteiger partial charge in [0.15, 0.2) is 0 Å². The molecule has 1 heterocycles. The van der Waals surface area contributed by atoms with Crippen LogP contribution in [-0.2, 0) is 0 Å². The van der Waals surface area contributed by atoms with Gasteiger partial charge in [0, 0.05) is 6.20 Å². The predicted octanol–water partition coefficient (Wildman–Crippen LogP) is 1.79. The van der Waals surface area contributed by atoms with Crippen molar-refractivity contribution in [3.05, 3.63) is 48.3 Å². The maximum absolute atomic E-state index is 5.53. The van der Waals surface area contributed by atoms with Crippen LogP contribution < -0.4 is 11.3 Å². The van der Waals surface area contributed by atoms with E-state index in [1.165, 1.54) is 0 Å². The Morgan fingerprint density at radius 3 is 2.69 bits per heavy atom. The molecular formula is C12H16N4. The average Bonchev–Trinajstić information content (AvgIpc) is 2.81. The van der Waals surface area contributed by atoms with Crippen molar-refractivity contribution in [3.63, 3.8) is 0 Å². The summed E-state index contributed by atoms with van der Waals surface area (Å²) in [7, 11) is 0. The third kappa shape index (κ3) is 1.98. The molecule has 0 amide bonds. The SMILES string of the molecule is CCC(NN)c1ccnn1-c1ccccc1. The topological polar surface area (TPSA) is 55.9 Å². The molecular weight excluding hydrogens is 200 g/mol. The molecule has 16 heavy (non-hydrogen) atoms. The number of nitrogens with two attached hydrogens (primary N) is 1. The Labute approximate surface area is 95.1 Å². The summed E-state index contributed by atoms with van der Waals surface area (Å²) in [6.45, 7) is 2.09. The number of hydrazine groups is 1. The molecule has 1 unspecified atom stereocenters. The van der Waals surface area contributed by atoms with Crippen LogP contribution in [0.15, 0.2) is 42.6 Å². The van der Waals surface area contributed by atoms with Gasteiger partial charge in [-0.3, -0.25) is 11.3 Å². The van der Waals surface area contributed by atoms with Gasteiger partial charge in [-0.1, -0.05) is 25.1 Å². The predicted molar refractivity (Wildman–Crippen MR) is 63.9 cm³/mol. The summed E-state index contributed by atoms with van der Waals surface area (Å²) in [5.74, 6) is 5.53. The molecule has 0 bridgehead atoms. The van der Waals surface area contributed by atoms with Gasteiger partial charge < -0.3 is 0 Å². The molecule has 0 spiro atoms. The molecule has 4 nitrogen and oxygen atoms in total. The summed E-state index contributed by atoms with van der Waals surface area (Å²) >= 11 is 0. The summed E-state index contributed by atoms with van der Waals surface area (Å²) in [5.41, 5.74) is 4.94. The van der Waals surface area contributed by atoms with Gasteiger partial charge in [-0.15, -0.1) is 0 Å². The summed E-state index contributed by atoms with van der Waals surface area (Å²) in [6.07, 6.45) is 2.72. The lowest BCUT2D eigenvalue weighted by Crippen LogP contribution is -2.29. The highest BCUT2D eigenvalue weighted by Gasteiger charge is 2.13. The molecule has 4 heteroatoms. The molecule has 0 saturated heterocycles. The molecule has 0 fully saturated rings. The average molecular weight is 216 g/mol. The Morgan fingerprint density at radius 2 is 2.06 bits per heavy atom. The van der Waals surface area contributed by atoms with Crippen LogP contribution in [0.3, 0.4) is 0 Å². The van der Waals surface area contributed by atoms with E-state index in [0.717, 1.165) is 17.8 Å². The van der Waals surface area contributed by atoms with E-state index >= 15 is 0 Å². The first-order valence-corrected chi connectivity index (χ1v) is 5.42. The maximum atomic E-state index is 5.53. The van der Waals surface area contributed by atoms with Crippen molar-refractivity contribution in [2.75, 3.05) is 0 Å². The molecule has 0 aliphatic rings. The highest BCUT2D eigenvalue weighted by Crippen LogP contribution is 2.18. The van der Waals surface area contributed by atoms with E-state index in [-0.39, 0.29) is 6.04 Å². The monoisotopic (exact) mass is 216 g/mol. The van der Waals surface area contributed by atoms with Crippen molar-refractivity contribution < 1.29 is 0 Å². The number of hydrogen-bond donors (Lipinski definition) is 2. The molecule has 1 aromatic carbocycles. The van der Waals surface area contributed by atoms with Crippen LogP contribution in [0, 0.1) is 0 Å². The van der Waals surface area contributed by atoms with Gasteiger partial charge in [0.2, 0.25) is 0 Å². The molecule has 3 N–H and O–H groups in total. The van der Waals surface area contributed by atoms with E-state index in [1.807, 2.05) is 41.1 Å². The van der Waals surface area contributed by atoms with Crippen LogP contribution >= 0.6 is 0 Å². The Kier molecular flexibility index (Phi) is 3.34. The van der Waals surface area contributed by atoms with Gasteiger partial charge in [0.1, 0.15) is 0 Å². The van der Waals surface area contributed by atoms with Crippen molar-refractivity contribution in [1.29, 1.82) is 0 Å². The summed E-state index contributed by atoms with van der Waals surface area (Å²) in [5, 5.41) is 4.32. The smallest absolute Gasteiger partial charge is 0.0649 e. The number of aromatic nitrogens is 2. The number of nitrogens with one attached hydrogen (secondary N) is 1. The molecule has 0 aliphatic heterocycles. The third-order valence-electron chi connectivity index (χ3n) is 2.64. The molecule has 2 aromatic rings. The summed E-state index contributed by atoms with van der Waals surface area (Å²) < 4.78 is 1.91. The lowest BCUT2D eigenvalue weighted by Gasteiger charge is -2.15. The fraction of sp³-hybridized carbons (Fsp3) is 0.250. The van der Waals surface area contributed by atoms with E-state index in [0.29, 0.717) is 0 Å². The number of benzene rings is 1. The lowest BCUT2D eigenvalue weighted by molar-refractivity contribution is 0.511. The standard InChI is InChI=1S/C12H16N4/c1-2-11(15-13)12-8-9-14-16(12)10-6-4-3-5-7-10/h3-9,11,15H,2,13H2,1H3. The molecule has 0 radical (unpaired) electrons. The van der Waals surface area contributed by atoms with Gasteiger partial charge in [-0.2, -0.15) is 5.10 Å². The van der Waals surface area contributed by atoms with Gasteiger partial charge in [-0.25, -0.2) is 4.68 Å². The second-order valence-electron chi connectivity index (χ2n) is 3.63. The Bertz CT molecular complexity index is 431. The minimum Gasteiger partial charge on any atom is -0.271 e. The highest BCUT2D eigenvalue weighted by atomic mass is 15.3. The highest BCUT2D eigenvalue weighted by molar-refractivity contribution is 5.33. The largest absolute Gasteiger partial charge is 0.271 e. The van der Waals surface area contributed by atoms with E-state index in [4.69, 9.17) is 5.84 Å². The number of nitrogens with zero attached hydrogens (tertiary/aromatic N) is 2. The number of para-hydroxylation sites is 1. The van der Waals surface area contributed by atoms with Crippen LogP contribution in [0.25, 0.3) is 5.69 Å². The third-order valence-corrected chi connectivity index (χ3v) is 2.64. The molecule has 2 rings (SSSR count). The van der Waals surface area contributed by atoms with Crippen molar-refractivity contribution in [2.24, 2.45) is 5.84 Å². The molecule has 0 aliphatic carbocycles. The van der Waals surface area contributed by atoms with Crippen LogP contribution in [0.1, 0.15) is 25.1 Å². The zero-order valence-corrected chi connectivity index (χ0v) is 9.30. The molecule has 84 valence electrons. The summed E-state index contributed by atoms with van der Waals surface area (Å²) in [6, 6.07) is 12.2. The normalized spacial score (nSPS) is 12.6. The Morgan fingerprint density at radius 1 is 1.31 bits per heavy atom. The Balaban J connectivity index is 2.40. The first-order valence-electron chi connectivity index (χ1n) is 5.42. The van der Waals surface area contributed by atoms with Crippen LogP contribution in [0.4, 0.5) is 0 Å². The second kappa shape index (κ2) is 4.92. The second-order valence-corrected chi connectivity index (χ2v) is 3.63. The van der Waals surface area contributed by atoms with Crippen LogP contribution in [-0.4, -0.2) is 9.78 Å². The minimum atomic E-state index is 0.128. The minimum absolute atomic E-state index is 0.128. The zero-order valence-electron chi connectivity index (χ0n) is 9.30. The van der Waals surface area contributed by atoms with Crippen molar-refractivity contribution in [3.8, 4) is 5.69 Å². The van der Waals surface area contributed by atoms with E-state index in [2.05, 4.69) is 17.4 Å². The quantitative estimate of drug-likeness (QED) is 0.605. The van der Waals surface area contributed by atoms with E-state index in [1.54, 1.807) is 6.20 Å². The first kappa shape index (κ1) is 10.9. The van der Waals surface area contributed by atoms with E-state index < -0.39 is 0 Å². The number of rotatable bonds is 4. The van der Waals surface area contributed by atoms with Gasteiger partial charge in [-0.05, 0) is 24.6 Å². The first-order chi connectivity index (χ1) is 7.86. The lowest BCUT2D eigenvalue weighted by atomic mass is 10.1. The molecule has 1 atom stereocenters. The van der Waals surface area contributed by atoms with Gasteiger partial charge in [0.25, 0.3) is 0 Å². The van der Waals surface area contributed by atoms with E-state index in [9.17, 15) is 0 Å². The summed E-state index contributed by atoms with van der Waals surface area (Å²) in [4.78, 5) is 0. The van der Waals surface area contributed by atoms with Gasteiger partial charge >= 0.3 is 0 Å². The van der Waals surface area contributed by atoms with Gasteiger partial charge in [0.05, 0.1) is 17.4 Å². The van der Waals surface area contributed by atoms with Crippen molar-refractivity contribution in [2.45, 2.75) is 19.4 Å². The van der Waals surface area contributed by atoms with Crippen LogP contribution in [0.2, 0.25) is 0 Å². The van der Waals surface area contributed by atoms with Crippen molar-refractivity contribution in [1.82, 2.24) is 15.2 Å². The number of hydrogen-bond acceptors (Lipinski definition) is 3. The molecule has 0 saturated carbocycles. The van der Waals surface area contributed by atoms with Crippen molar-refractivity contribution >= 4 is 0 Å². The zero-order chi connectivity index (χ0) is 11.4. The maximum Gasteiger partial charge on any atom is 0.0649 e. The molecule has 1 aromatic heterocycles. The fourth-order valence-corrected chi connectivity index (χ4v) is 1.77. The fourth-order valence-electron chi connectivity index (χ4n) is 1.77. The Hall–Kier alpha value is -1.65.